The molecule has 4 N–H and O–H groups in total. The van der Waals surface area contributed by atoms with Crippen molar-refractivity contribution >= 4 is 33.0 Å². The van der Waals surface area contributed by atoms with Crippen LogP contribution in [0.2, 0.25) is 0 Å². The molecule has 0 heterocycles. The molecule has 0 amide bonds. The Balaban J connectivity index is 2.73. The maximum absolute atomic E-state index is 11.1. The van der Waals surface area contributed by atoms with Gasteiger partial charge in [-0.3, -0.25) is 0 Å². The number of rotatable bonds is 2. The summed E-state index contributed by atoms with van der Waals surface area (Å²) in [5, 5.41) is 11.5. The van der Waals surface area contributed by atoms with Gasteiger partial charge in [-0.25, -0.2) is 13.6 Å². The van der Waals surface area contributed by atoms with Crippen LogP contribution in [0.5, 0.6) is 0 Å². The summed E-state index contributed by atoms with van der Waals surface area (Å²) in [7, 11) is -3.65. The summed E-state index contributed by atoms with van der Waals surface area (Å²) in [6.07, 6.45) is 0. The van der Waals surface area contributed by atoms with Crippen LogP contribution in [0.25, 0.3) is 0 Å². The fraction of sp³-hybridized carbons (Fsp3) is 0.364. The topological polar surface area (TPSA) is 84.2 Å². The highest BCUT2D eigenvalue weighted by Gasteiger charge is 2.11. The molecular formula is C11H17N3O2S2. The van der Waals surface area contributed by atoms with Crippen LogP contribution in [0.15, 0.2) is 29.2 Å². The third kappa shape index (κ3) is 4.99. The normalized spacial score (nSPS) is 12.0. The van der Waals surface area contributed by atoms with E-state index in [0.717, 1.165) is 0 Å². The Labute approximate surface area is 113 Å². The highest BCUT2D eigenvalue weighted by Crippen LogP contribution is 2.13. The molecule has 0 aliphatic rings. The largest absolute Gasteiger partial charge is 0.358 e. The van der Waals surface area contributed by atoms with Crippen molar-refractivity contribution in [2.24, 2.45) is 5.14 Å². The van der Waals surface area contributed by atoms with Crippen molar-refractivity contribution < 1.29 is 8.42 Å². The van der Waals surface area contributed by atoms with Gasteiger partial charge in [-0.05, 0) is 57.3 Å². The van der Waals surface area contributed by atoms with Crippen LogP contribution in [0, 0.1) is 0 Å². The lowest BCUT2D eigenvalue weighted by molar-refractivity contribution is 0.515. The molecule has 0 spiro atoms. The van der Waals surface area contributed by atoms with Crippen LogP contribution in [0.3, 0.4) is 0 Å². The van der Waals surface area contributed by atoms with Crippen molar-refractivity contribution in [1.29, 1.82) is 0 Å². The van der Waals surface area contributed by atoms with E-state index in [-0.39, 0.29) is 10.4 Å². The van der Waals surface area contributed by atoms with E-state index < -0.39 is 10.0 Å². The first-order chi connectivity index (χ1) is 8.08. The van der Waals surface area contributed by atoms with Crippen LogP contribution in [0.1, 0.15) is 20.8 Å². The maximum atomic E-state index is 11.1. The number of sulfonamides is 1. The molecule has 0 aromatic heterocycles. The fourth-order valence-electron chi connectivity index (χ4n) is 1.23. The van der Waals surface area contributed by atoms with Crippen LogP contribution >= 0.6 is 12.2 Å². The van der Waals surface area contributed by atoms with E-state index in [1.165, 1.54) is 12.1 Å². The zero-order chi connectivity index (χ0) is 14.0. The highest BCUT2D eigenvalue weighted by molar-refractivity contribution is 7.89. The molecule has 1 aromatic rings. The summed E-state index contributed by atoms with van der Waals surface area (Å²) < 4.78 is 22.1. The average Bonchev–Trinajstić information content (AvgIpc) is 2.13. The molecule has 0 unspecified atom stereocenters. The molecule has 0 saturated carbocycles. The Kier molecular flexibility index (Phi) is 4.31. The molecule has 0 aliphatic heterocycles. The Hall–Kier alpha value is -1.18. The summed E-state index contributed by atoms with van der Waals surface area (Å²) in [6.45, 7) is 5.97. The standard InChI is InChI=1S/C11H17N3O2S2/c1-11(2,3)14-10(17)13-8-4-6-9(7-5-8)18(12,15)16/h4-7H,1-3H3,(H2,12,15,16)(H2,13,14,17). The maximum Gasteiger partial charge on any atom is 0.238 e. The molecule has 1 rings (SSSR count). The van der Waals surface area contributed by atoms with Gasteiger partial charge in [0.15, 0.2) is 5.11 Å². The molecular weight excluding hydrogens is 270 g/mol. The molecule has 0 atom stereocenters. The SMILES string of the molecule is CC(C)(C)NC(=S)Nc1ccc(S(N)(=O)=O)cc1. The lowest BCUT2D eigenvalue weighted by atomic mass is 10.1. The third-order valence-electron chi connectivity index (χ3n) is 1.93. The second-order valence-electron chi connectivity index (χ2n) is 4.90. The van der Waals surface area contributed by atoms with Gasteiger partial charge < -0.3 is 10.6 Å². The zero-order valence-corrected chi connectivity index (χ0v) is 12.2. The minimum atomic E-state index is -3.65. The predicted molar refractivity (Wildman–Crippen MR) is 76.9 cm³/mol. The van der Waals surface area contributed by atoms with Gasteiger partial charge in [0.1, 0.15) is 0 Å². The molecule has 0 radical (unpaired) electrons. The first-order valence-electron chi connectivity index (χ1n) is 5.30. The monoisotopic (exact) mass is 287 g/mol. The lowest BCUT2D eigenvalue weighted by Gasteiger charge is -2.23. The average molecular weight is 287 g/mol. The number of hydrogen-bond donors (Lipinski definition) is 3. The number of hydrogen-bond acceptors (Lipinski definition) is 3. The first-order valence-corrected chi connectivity index (χ1v) is 7.25. The predicted octanol–water partition coefficient (Wildman–Crippen LogP) is 1.42. The summed E-state index contributed by atoms with van der Waals surface area (Å²) in [5.41, 5.74) is 0.564. The second-order valence-corrected chi connectivity index (χ2v) is 6.87. The van der Waals surface area contributed by atoms with Gasteiger partial charge in [-0.2, -0.15) is 0 Å². The summed E-state index contributed by atoms with van der Waals surface area (Å²) in [4.78, 5) is 0.0720. The van der Waals surface area contributed by atoms with E-state index in [1.54, 1.807) is 12.1 Å². The number of anilines is 1. The van der Waals surface area contributed by atoms with Crippen LogP contribution in [-0.4, -0.2) is 19.1 Å². The fourth-order valence-corrected chi connectivity index (χ4v) is 2.17. The molecule has 7 heteroatoms. The summed E-state index contributed by atoms with van der Waals surface area (Å²) in [5.74, 6) is 0. The van der Waals surface area contributed by atoms with Gasteiger partial charge in [0.2, 0.25) is 10.0 Å². The van der Waals surface area contributed by atoms with Gasteiger partial charge in [0.25, 0.3) is 0 Å². The molecule has 18 heavy (non-hydrogen) atoms. The minimum Gasteiger partial charge on any atom is -0.358 e. The van der Waals surface area contributed by atoms with Gasteiger partial charge in [0, 0.05) is 11.2 Å². The van der Waals surface area contributed by atoms with E-state index in [4.69, 9.17) is 17.4 Å². The molecule has 0 saturated heterocycles. The second kappa shape index (κ2) is 5.21. The van der Waals surface area contributed by atoms with Gasteiger partial charge in [-0.15, -0.1) is 0 Å². The minimum absolute atomic E-state index is 0.0720. The van der Waals surface area contributed by atoms with E-state index >= 15 is 0 Å². The number of thiocarbonyl (C=S) groups is 1. The zero-order valence-electron chi connectivity index (χ0n) is 10.5. The van der Waals surface area contributed by atoms with Crippen molar-refractivity contribution in [3.63, 3.8) is 0 Å². The van der Waals surface area contributed by atoms with Crippen LogP contribution < -0.4 is 15.8 Å². The van der Waals surface area contributed by atoms with Crippen LogP contribution in [-0.2, 0) is 10.0 Å². The molecule has 5 nitrogen and oxygen atoms in total. The number of nitrogens with one attached hydrogen (secondary N) is 2. The number of benzene rings is 1. The Morgan fingerprint density at radius 1 is 1.22 bits per heavy atom. The molecule has 0 fully saturated rings. The quantitative estimate of drug-likeness (QED) is 0.716. The van der Waals surface area contributed by atoms with E-state index in [2.05, 4.69) is 10.6 Å². The van der Waals surface area contributed by atoms with Gasteiger partial charge >= 0.3 is 0 Å². The van der Waals surface area contributed by atoms with Gasteiger partial charge in [-0.1, -0.05) is 0 Å². The summed E-state index contributed by atoms with van der Waals surface area (Å²) >= 11 is 5.13. The molecule has 0 bridgehead atoms. The Bertz CT molecular complexity index is 530. The molecule has 1 aromatic carbocycles. The third-order valence-corrected chi connectivity index (χ3v) is 3.06. The van der Waals surface area contributed by atoms with Crippen molar-refractivity contribution in [2.75, 3.05) is 5.32 Å². The van der Waals surface area contributed by atoms with E-state index in [9.17, 15) is 8.42 Å². The highest BCUT2D eigenvalue weighted by atomic mass is 32.2. The Morgan fingerprint density at radius 3 is 2.11 bits per heavy atom. The first kappa shape index (κ1) is 14.9. The van der Waals surface area contributed by atoms with Crippen LogP contribution in [0.4, 0.5) is 5.69 Å². The lowest BCUT2D eigenvalue weighted by Crippen LogP contribution is -2.42. The number of primary sulfonamides is 1. The van der Waals surface area contributed by atoms with Gasteiger partial charge in [0.05, 0.1) is 4.90 Å². The van der Waals surface area contributed by atoms with Crippen molar-refractivity contribution in [2.45, 2.75) is 31.2 Å². The summed E-state index contributed by atoms with van der Waals surface area (Å²) in [6, 6.07) is 6.07. The van der Waals surface area contributed by atoms with E-state index in [1.807, 2.05) is 20.8 Å². The molecule has 0 aliphatic carbocycles. The van der Waals surface area contributed by atoms with E-state index in [0.29, 0.717) is 10.8 Å². The van der Waals surface area contributed by atoms with Crippen molar-refractivity contribution in [3.8, 4) is 0 Å². The smallest absolute Gasteiger partial charge is 0.238 e. The number of nitrogens with two attached hydrogens (primary N) is 1. The van der Waals surface area contributed by atoms with Crippen molar-refractivity contribution in [1.82, 2.24) is 5.32 Å². The molecule has 100 valence electrons. The van der Waals surface area contributed by atoms with Crippen molar-refractivity contribution in [3.05, 3.63) is 24.3 Å². The Morgan fingerprint density at radius 2 is 1.72 bits per heavy atom.